The molecule has 1 heterocycles. The standard InChI is InChI=1S/C5H9O4/c6-3-1-9-2-4(7)5(3)8/h3,5-8H,1-2H2/t3-,5+/m1/s1. The third kappa shape index (κ3) is 1.40. The summed E-state index contributed by atoms with van der Waals surface area (Å²) in [5.74, 6) is 0. The number of aliphatic hydroxyl groups excluding tert-OH is 3. The molecule has 3 N–H and O–H groups in total. The van der Waals surface area contributed by atoms with Crippen molar-refractivity contribution in [1.82, 2.24) is 0 Å². The molecule has 1 radical (unpaired) electrons. The van der Waals surface area contributed by atoms with Crippen molar-refractivity contribution in [3.05, 3.63) is 6.10 Å². The van der Waals surface area contributed by atoms with Crippen molar-refractivity contribution in [2.45, 2.75) is 12.2 Å². The molecule has 0 unspecified atom stereocenters. The number of hydrogen-bond donors (Lipinski definition) is 3. The Morgan fingerprint density at radius 1 is 1.44 bits per heavy atom. The van der Waals surface area contributed by atoms with Gasteiger partial charge >= 0.3 is 0 Å². The summed E-state index contributed by atoms with van der Waals surface area (Å²) in [5, 5.41) is 26.4. The summed E-state index contributed by atoms with van der Waals surface area (Å²) in [7, 11) is 0. The van der Waals surface area contributed by atoms with Crippen LogP contribution in [0.15, 0.2) is 0 Å². The fraction of sp³-hybridized carbons (Fsp3) is 0.800. The van der Waals surface area contributed by atoms with E-state index in [2.05, 4.69) is 4.74 Å². The number of aliphatic hydroxyl groups is 3. The monoisotopic (exact) mass is 133 g/mol. The molecule has 1 aliphatic rings. The minimum atomic E-state index is -1.13. The molecule has 4 nitrogen and oxygen atoms in total. The van der Waals surface area contributed by atoms with Crippen molar-refractivity contribution in [3.8, 4) is 0 Å². The largest absolute Gasteiger partial charge is 0.388 e. The van der Waals surface area contributed by atoms with Crippen LogP contribution in [0.4, 0.5) is 0 Å². The van der Waals surface area contributed by atoms with E-state index in [4.69, 9.17) is 15.3 Å². The number of hydrogen-bond acceptors (Lipinski definition) is 4. The second kappa shape index (κ2) is 2.62. The van der Waals surface area contributed by atoms with Gasteiger partial charge in [0.05, 0.1) is 13.2 Å². The smallest absolute Gasteiger partial charge is 0.150 e. The second-order valence-electron chi connectivity index (χ2n) is 2.02. The highest BCUT2D eigenvalue weighted by molar-refractivity contribution is 4.92. The Morgan fingerprint density at radius 3 is 2.56 bits per heavy atom. The summed E-state index contributed by atoms with van der Waals surface area (Å²) in [6.45, 7) is 0.115. The summed E-state index contributed by atoms with van der Waals surface area (Å²) in [6.07, 6.45) is -2.30. The molecular weight excluding hydrogens is 124 g/mol. The van der Waals surface area contributed by atoms with Gasteiger partial charge < -0.3 is 20.1 Å². The molecule has 0 aromatic rings. The molecule has 0 aromatic carbocycles. The first-order valence-electron chi connectivity index (χ1n) is 2.70. The average Bonchev–Trinajstić information content (AvgIpc) is 1.83. The second-order valence-corrected chi connectivity index (χ2v) is 2.02. The Labute approximate surface area is 52.7 Å². The van der Waals surface area contributed by atoms with E-state index >= 15 is 0 Å². The quantitative estimate of drug-likeness (QED) is 0.382. The van der Waals surface area contributed by atoms with Gasteiger partial charge in [-0.3, -0.25) is 0 Å². The van der Waals surface area contributed by atoms with Crippen LogP contribution in [-0.4, -0.2) is 40.7 Å². The van der Waals surface area contributed by atoms with Crippen molar-refractivity contribution < 1.29 is 20.1 Å². The van der Waals surface area contributed by atoms with E-state index in [0.717, 1.165) is 0 Å². The van der Waals surface area contributed by atoms with Gasteiger partial charge in [-0.05, 0) is 0 Å². The van der Waals surface area contributed by atoms with Gasteiger partial charge in [0.15, 0.2) is 0 Å². The highest BCUT2D eigenvalue weighted by atomic mass is 16.5. The maximum atomic E-state index is 8.83. The molecular formula is C5H9O4. The normalized spacial score (nSPS) is 39.0. The molecule has 0 aromatic heterocycles. The first-order valence-corrected chi connectivity index (χ1v) is 2.70. The van der Waals surface area contributed by atoms with E-state index in [1.807, 2.05) is 0 Å². The lowest BCUT2D eigenvalue weighted by Crippen LogP contribution is -2.42. The van der Waals surface area contributed by atoms with Crippen LogP contribution in [0.3, 0.4) is 0 Å². The third-order valence-corrected chi connectivity index (χ3v) is 1.24. The SMILES string of the molecule is O[C]1COC[C@@H](O)[C@@H]1O. The molecule has 1 rings (SSSR count). The predicted molar refractivity (Wildman–Crippen MR) is 28.0 cm³/mol. The lowest BCUT2D eigenvalue weighted by Gasteiger charge is -2.26. The molecule has 0 aliphatic carbocycles. The first kappa shape index (κ1) is 6.95. The lowest BCUT2D eigenvalue weighted by atomic mass is 10.1. The lowest BCUT2D eigenvalue weighted by molar-refractivity contribution is -0.106. The molecule has 0 spiro atoms. The maximum absolute atomic E-state index is 8.83. The summed E-state index contributed by atoms with van der Waals surface area (Å²) in [6, 6.07) is 0. The molecule has 1 saturated heterocycles. The van der Waals surface area contributed by atoms with E-state index in [-0.39, 0.29) is 19.3 Å². The molecule has 0 amide bonds. The van der Waals surface area contributed by atoms with E-state index < -0.39 is 12.2 Å². The van der Waals surface area contributed by atoms with Crippen molar-refractivity contribution in [1.29, 1.82) is 0 Å². The predicted octanol–water partition coefficient (Wildman–Crippen LogP) is -1.36. The fourth-order valence-electron chi connectivity index (χ4n) is 0.683. The molecule has 0 saturated carbocycles. The van der Waals surface area contributed by atoms with Crippen LogP contribution in [-0.2, 0) is 4.74 Å². The van der Waals surface area contributed by atoms with E-state index in [1.165, 1.54) is 0 Å². The van der Waals surface area contributed by atoms with Crippen molar-refractivity contribution in [2.24, 2.45) is 0 Å². The van der Waals surface area contributed by atoms with Crippen LogP contribution < -0.4 is 0 Å². The zero-order valence-electron chi connectivity index (χ0n) is 4.82. The van der Waals surface area contributed by atoms with Gasteiger partial charge in [0.25, 0.3) is 0 Å². The zero-order valence-corrected chi connectivity index (χ0v) is 4.82. The van der Waals surface area contributed by atoms with Gasteiger partial charge in [-0.1, -0.05) is 0 Å². The van der Waals surface area contributed by atoms with Gasteiger partial charge in [0, 0.05) is 0 Å². The number of ether oxygens (including phenoxy) is 1. The first-order chi connectivity index (χ1) is 4.22. The Hall–Kier alpha value is -0.160. The molecule has 9 heavy (non-hydrogen) atoms. The Balaban J connectivity index is 2.41. The van der Waals surface area contributed by atoms with Crippen LogP contribution in [0.5, 0.6) is 0 Å². The van der Waals surface area contributed by atoms with E-state index in [0.29, 0.717) is 0 Å². The maximum Gasteiger partial charge on any atom is 0.150 e. The van der Waals surface area contributed by atoms with E-state index in [9.17, 15) is 0 Å². The van der Waals surface area contributed by atoms with Crippen LogP contribution in [0.2, 0.25) is 0 Å². The number of rotatable bonds is 0. The van der Waals surface area contributed by atoms with Crippen LogP contribution in [0.1, 0.15) is 0 Å². The summed E-state index contributed by atoms with van der Waals surface area (Å²) in [4.78, 5) is 0. The Bertz CT molecular complexity index is 85.0. The zero-order chi connectivity index (χ0) is 6.85. The highest BCUT2D eigenvalue weighted by Gasteiger charge is 2.30. The van der Waals surface area contributed by atoms with Crippen molar-refractivity contribution >= 4 is 0 Å². The van der Waals surface area contributed by atoms with Crippen LogP contribution >= 0.6 is 0 Å². The average molecular weight is 133 g/mol. The highest BCUT2D eigenvalue weighted by Crippen LogP contribution is 2.13. The minimum Gasteiger partial charge on any atom is -0.388 e. The molecule has 1 fully saturated rings. The van der Waals surface area contributed by atoms with Gasteiger partial charge in [0.1, 0.15) is 18.3 Å². The molecule has 53 valence electrons. The van der Waals surface area contributed by atoms with Gasteiger partial charge in [-0.2, -0.15) is 0 Å². The van der Waals surface area contributed by atoms with Gasteiger partial charge in [-0.15, -0.1) is 0 Å². The third-order valence-electron chi connectivity index (χ3n) is 1.24. The van der Waals surface area contributed by atoms with Crippen LogP contribution in [0.25, 0.3) is 0 Å². The Morgan fingerprint density at radius 2 is 2.11 bits per heavy atom. The Kier molecular flexibility index (Phi) is 2.02. The fourth-order valence-corrected chi connectivity index (χ4v) is 0.683. The van der Waals surface area contributed by atoms with Crippen molar-refractivity contribution in [2.75, 3.05) is 13.2 Å². The molecule has 2 atom stereocenters. The molecule has 4 heteroatoms. The summed E-state index contributed by atoms with van der Waals surface area (Å²) in [5.41, 5.74) is 0. The summed E-state index contributed by atoms with van der Waals surface area (Å²) < 4.78 is 4.67. The van der Waals surface area contributed by atoms with Gasteiger partial charge in [-0.25, -0.2) is 0 Å². The summed E-state index contributed by atoms with van der Waals surface area (Å²) >= 11 is 0. The van der Waals surface area contributed by atoms with Crippen LogP contribution in [0, 0.1) is 6.10 Å². The minimum absolute atomic E-state index is 0.0260. The molecule has 1 aliphatic heterocycles. The van der Waals surface area contributed by atoms with E-state index in [1.54, 1.807) is 0 Å². The topological polar surface area (TPSA) is 69.9 Å². The van der Waals surface area contributed by atoms with Crippen molar-refractivity contribution in [3.63, 3.8) is 0 Å². The van der Waals surface area contributed by atoms with Gasteiger partial charge in [0.2, 0.25) is 0 Å². The molecule has 0 bridgehead atoms.